The van der Waals surface area contributed by atoms with E-state index < -0.39 is 0 Å². The summed E-state index contributed by atoms with van der Waals surface area (Å²) in [7, 11) is 0. The van der Waals surface area contributed by atoms with Gasteiger partial charge in [-0.15, -0.1) is 0 Å². The smallest absolute Gasteiger partial charge is 0.00926 e. The third kappa shape index (κ3) is 5.36. The number of hydrogen-bond acceptors (Lipinski definition) is 1. The highest BCUT2D eigenvalue weighted by Crippen LogP contribution is 2.20. The molecule has 0 aromatic heterocycles. The van der Waals surface area contributed by atoms with Gasteiger partial charge in [-0.25, -0.2) is 0 Å². The topological polar surface area (TPSA) is 12.0 Å². The SMILES string of the molecule is CC1CCCNC1CCCCCCc1ccccc1. The second-order valence-electron chi connectivity index (χ2n) is 6.12. The minimum Gasteiger partial charge on any atom is -0.314 e. The first kappa shape index (κ1) is 14.6. The summed E-state index contributed by atoms with van der Waals surface area (Å²) < 4.78 is 0. The zero-order valence-corrected chi connectivity index (χ0v) is 12.4. The fraction of sp³-hybridized carbons (Fsp3) is 0.667. The Kier molecular flexibility index (Phi) is 6.43. The van der Waals surface area contributed by atoms with Crippen molar-refractivity contribution >= 4 is 0 Å². The minimum atomic E-state index is 0.794. The summed E-state index contributed by atoms with van der Waals surface area (Å²) in [4.78, 5) is 0. The van der Waals surface area contributed by atoms with E-state index in [1.54, 1.807) is 0 Å². The van der Waals surface area contributed by atoms with E-state index in [0.717, 1.165) is 12.0 Å². The molecule has 0 aliphatic carbocycles. The summed E-state index contributed by atoms with van der Waals surface area (Å²) in [6.45, 7) is 3.65. The molecular formula is C18H29N. The molecule has 0 spiro atoms. The van der Waals surface area contributed by atoms with E-state index in [1.165, 1.54) is 63.5 Å². The van der Waals surface area contributed by atoms with Crippen molar-refractivity contribution in [3.05, 3.63) is 35.9 Å². The highest BCUT2D eigenvalue weighted by molar-refractivity contribution is 5.14. The molecule has 1 heteroatoms. The lowest BCUT2D eigenvalue weighted by atomic mass is 9.89. The van der Waals surface area contributed by atoms with Crippen molar-refractivity contribution in [2.45, 2.75) is 64.3 Å². The molecule has 1 aliphatic heterocycles. The molecule has 1 heterocycles. The number of unbranched alkanes of at least 4 members (excludes halogenated alkanes) is 3. The van der Waals surface area contributed by atoms with Crippen LogP contribution < -0.4 is 5.32 Å². The molecule has 0 saturated carbocycles. The van der Waals surface area contributed by atoms with Gasteiger partial charge in [0, 0.05) is 6.04 Å². The molecule has 1 saturated heterocycles. The van der Waals surface area contributed by atoms with Crippen molar-refractivity contribution in [1.82, 2.24) is 5.32 Å². The Morgan fingerprint density at radius 2 is 1.84 bits per heavy atom. The monoisotopic (exact) mass is 259 g/mol. The van der Waals surface area contributed by atoms with Gasteiger partial charge in [-0.3, -0.25) is 0 Å². The first-order valence-corrected chi connectivity index (χ1v) is 8.13. The lowest BCUT2D eigenvalue weighted by molar-refractivity contribution is 0.280. The van der Waals surface area contributed by atoms with Crippen LogP contribution in [-0.4, -0.2) is 12.6 Å². The highest BCUT2D eigenvalue weighted by atomic mass is 14.9. The summed E-state index contributed by atoms with van der Waals surface area (Å²) in [6.07, 6.45) is 11.0. The summed E-state index contributed by atoms with van der Waals surface area (Å²) in [5, 5.41) is 3.69. The van der Waals surface area contributed by atoms with Crippen LogP contribution in [0.15, 0.2) is 30.3 Å². The molecule has 0 amide bonds. The Balaban J connectivity index is 1.50. The lowest BCUT2D eigenvalue weighted by Crippen LogP contribution is -2.39. The summed E-state index contributed by atoms with van der Waals surface area (Å²) >= 11 is 0. The molecule has 19 heavy (non-hydrogen) atoms. The van der Waals surface area contributed by atoms with Gasteiger partial charge in [0.15, 0.2) is 0 Å². The van der Waals surface area contributed by atoms with Crippen LogP contribution in [0.25, 0.3) is 0 Å². The molecule has 2 rings (SSSR count). The highest BCUT2D eigenvalue weighted by Gasteiger charge is 2.19. The normalized spacial score (nSPS) is 23.4. The molecule has 2 unspecified atom stereocenters. The van der Waals surface area contributed by atoms with Gasteiger partial charge in [-0.2, -0.15) is 0 Å². The Morgan fingerprint density at radius 3 is 2.63 bits per heavy atom. The van der Waals surface area contributed by atoms with E-state index in [9.17, 15) is 0 Å². The zero-order chi connectivity index (χ0) is 13.3. The van der Waals surface area contributed by atoms with Crippen LogP contribution in [0.1, 0.15) is 57.4 Å². The minimum absolute atomic E-state index is 0.794. The lowest BCUT2D eigenvalue weighted by Gasteiger charge is -2.30. The molecule has 106 valence electrons. The van der Waals surface area contributed by atoms with Gasteiger partial charge in [-0.05, 0) is 50.1 Å². The van der Waals surface area contributed by atoms with Gasteiger partial charge in [-0.1, -0.05) is 56.5 Å². The molecule has 2 atom stereocenters. The molecule has 0 radical (unpaired) electrons. The van der Waals surface area contributed by atoms with Crippen LogP contribution >= 0.6 is 0 Å². The van der Waals surface area contributed by atoms with E-state index in [2.05, 4.69) is 42.6 Å². The zero-order valence-electron chi connectivity index (χ0n) is 12.4. The molecule has 0 bridgehead atoms. The number of rotatable bonds is 7. The first-order chi connectivity index (χ1) is 9.36. The predicted molar refractivity (Wildman–Crippen MR) is 83.4 cm³/mol. The van der Waals surface area contributed by atoms with Crippen molar-refractivity contribution in [3.63, 3.8) is 0 Å². The van der Waals surface area contributed by atoms with Gasteiger partial charge < -0.3 is 5.32 Å². The molecule has 1 aromatic carbocycles. The fourth-order valence-corrected chi connectivity index (χ4v) is 3.19. The number of nitrogens with one attached hydrogen (secondary N) is 1. The third-order valence-corrected chi connectivity index (χ3v) is 4.50. The van der Waals surface area contributed by atoms with E-state index in [1.807, 2.05) is 0 Å². The number of aryl methyl sites for hydroxylation is 1. The quantitative estimate of drug-likeness (QED) is 0.707. The Bertz CT molecular complexity index is 333. The Hall–Kier alpha value is -0.820. The number of benzene rings is 1. The second kappa shape index (κ2) is 8.37. The molecule has 1 nitrogen and oxygen atoms in total. The van der Waals surface area contributed by atoms with Crippen LogP contribution in [0, 0.1) is 5.92 Å². The average Bonchev–Trinajstić information content (AvgIpc) is 2.45. The Labute approximate surface area is 118 Å². The molecule has 1 fully saturated rings. The maximum absolute atomic E-state index is 3.69. The van der Waals surface area contributed by atoms with Crippen molar-refractivity contribution in [2.24, 2.45) is 5.92 Å². The summed E-state index contributed by atoms with van der Waals surface area (Å²) in [5.41, 5.74) is 1.49. The second-order valence-corrected chi connectivity index (χ2v) is 6.12. The molecular weight excluding hydrogens is 230 g/mol. The van der Waals surface area contributed by atoms with Crippen LogP contribution in [-0.2, 0) is 6.42 Å². The van der Waals surface area contributed by atoms with E-state index >= 15 is 0 Å². The van der Waals surface area contributed by atoms with Crippen LogP contribution in [0.3, 0.4) is 0 Å². The van der Waals surface area contributed by atoms with Crippen molar-refractivity contribution in [3.8, 4) is 0 Å². The van der Waals surface area contributed by atoms with Gasteiger partial charge in [0.25, 0.3) is 0 Å². The van der Waals surface area contributed by atoms with Crippen LogP contribution in [0.4, 0.5) is 0 Å². The van der Waals surface area contributed by atoms with Crippen molar-refractivity contribution < 1.29 is 0 Å². The largest absolute Gasteiger partial charge is 0.314 e. The summed E-state index contributed by atoms with van der Waals surface area (Å²) in [5.74, 6) is 0.887. The number of piperidine rings is 1. The van der Waals surface area contributed by atoms with E-state index in [4.69, 9.17) is 0 Å². The first-order valence-electron chi connectivity index (χ1n) is 8.13. The van der Waals surface area contributed by atoms with Crippen molar-refractivity contribution in [2.75, 3.05) is 6.54 Å². The Morgan fingerprint density at radius 1 is 1.05 bits per heavy atom. The maximum Gasteiger partial charge on any atom is 0.00926 e. The maximum atomic E-state index is 3.69. The van der Waals surface area contributed by atoms with Crippen LogP contribution in [0.5, 0.6) is 0 Å². The van der Waals surface area contributed by atoms with Gasteiger partial charge in [0.2, 0.25) is 0 Å². The van der Waals surface area contributed by atoms with Crippen LogP contribution in [0.2, 0.25) is 0 Å². The molecule has 1 aliphatic rings. The third-order valence-electron chi connectivity index (χ3n) is 4.50. The standard InChI is InChI=1S/C18H29N/c1-16-10-9-15-19-18(16)14-8-3-2-5-11-17-12-6-4-7-13-17/h4,6-7,12-13,16,18-19H,2-3,5,8-11,14-15H2,1H3. The average molecular weight is 259 g/mol. The van der Waals surface area contributed by atoms with E-state index in [0.29, 0.717) is 0 Å². The van der Waals surface area contributed by atoms with Gasteiger partial charge in [0.1, 0.15) is 0 Å². The van der Waals surface area contributed by atoms with E-state index in [-0.39, 0.29) is 0 Å². The van der Waals surface area contributed by atoms with Gasteiger partial charge in [0.05, 0.1) is 0 Å². The molecule has 1 N–H and O–H groups in total. The summed E-state index contributed by atoms with van der Waals surface area (Å²) in [6, 6.07) is 11.7. The van der Waals surface area contributed by atoms with Crippen molar-refractivity contribution in [1.29, 1.82) is 0 Å². The predicted octanol–water partition coefficient (Wildman–Crippen LogP) is 4.57. The molecule has 1 aromatic rings. The fourth-order valence-electron chi connectivity index (χ4n) is 3.19. The van der Waals surface area contributed by atoms with Gasteiger partial charge >= 0.3 is 0 Å². The number of hydrogen-bond donors (Lipinski definition) is 1.